The maximum Gasteiger partial charge on any atom is 0.254 e. The molecule has 0 aromatic heterocycles. The van der Waals surface area contributed by atoms with Crippen LogP contribution in [0.15, 0.2) is 24.3 Å². The maximum absolute atomic E-state index is 12.4. The first-order chi connectivity index (χ1) is 8.21. The number of carbonyl (C=O) groups excluding carboxylic acids is 1. The first-order valence-electron chi connectivity index (χ1n) is 6.00. The number of hydrogen-bond donors (Lipinski definition) is 1. The molecule has 1 aromatic rings. The quantitative estimate of drug-likeness (QED) is 0.826. The second-order valence-corrected chi connectivity index (χ2v) is 5.30. The summed E-state index contributed by atoms with van der Waals surface area (Å²) in [5.41, 5.74) is 0.845. The molecule has 90 valence electrons. The number of amides is 1. The van der Waals surface area contributed by atoms with Crippen molar-refractivity contribution >= 4 is 17.5 Å². The first-order valence-corrected chi connectivity index (χ1v) is 6.37. The van der Waals surface area contributed by atoms with Crippen molar-refractivity contribution in [3.8, 4) is 0 Å². The van der Waals surface area contributed by atoms with Crippen LogP contribution in [0.25, 0.3) is 0 Å². The van der Waals surface area contributed by atoms with Gasteiger partial charge in [-0.25, -0.2) is 0 Å². The van der Waals surface area contributed by atoms with E-state index in [0.717, 1.165) is 38.0 Å². The minimum Gasteiger partial charge on any atom is -0.330 e. The summed E-state index contributed by atoms with van der Waals surface area (Å²) in [7, 11) is 0. The highest BCUT2D eigenvalue weighted by Crippen LogP contribution is 2.42. The van der Waals surface area contributed by atoms with Crippen molar-refractivity contribution < 1.29 is 4.79 Å². The fourth-order valence-electron chi connectivity index (χ4n) is 2.50. The number of nitrogens with zero attached hydrogens (tertiary/aromatic N) is 1. The highest BCUT2D eigenvalue weighted by molar-refractivity contribution is 6.30. The molecule has 1 aliphatic heterocycles. The van der Waals surface area contributed by atoms with Gasteiger partial charge in [0.1, 0.15) is 0 Å². The Morgan fingerprint density at radius 2 is 2.00 bits per heavy atom. The van der Waals surface area contributed by atoms with Crippen molar-refractivity contribution in [3.05, 3.63) is 34.9 Å². The molecule has 1 aromatic carbocycles. The molecule has 4 heteroatoms. The molecule has 0 bridgehead atoms. The second kappa shape index (κ2) is 4.00. The van der Waals surface area contributed by atoms with Gasteiger partial charge in [-0.3, -0.25) is 4.79 Å². The Morgan fingerprint density at radius 3 is 2.65 bits per heavy atom. The summed E-state index contributed by atoms with van der Waals surface area (Å²) in [5, 5.41) is 4.04. The lowest BCUT2D eigenvalue weighted by molar-refractivity contribution is 0.0600. The summed E-state index contributed by atoms with van der Waals surface area (Å²) >= 11 is 5.84. The number of carbonyl (C=O) groups is 1. The predicted octanol–water partition coefficient (Wildman–Crippen LogP) is 1.92. The zero-order chi connectivity index (χ0) is 11.9. The molecule has 1 amide bonds. The van der Waals surface area contributed by atoms with E-state index < -0.39 is 0 Å². The second-order valence-electron chi connectivity index (χ2n) is 4.86. The Hall–Kier alpha value is -1.06. The van der Waals surface area contributed by atoms with Gasteiger partial charge in [0.15, 0.2) is 0 Å². The number of rotatable bonds is 1. The fraction of sp³-hybridized carbons (Fsp3) is 0.462. The van der Waals surface area contributed by atoms with Crippen molar-refractivity contribution in [2.45, 2.75) is 18.4 Å². The average molecular weight is 251 g/mol. The molecule has 3 nitrogen and oxygen atoms in total. The summed E-state index contributed by atoms with van der Waals surface area (Å²) < 4.78 is 0. The van der Waals surface area contributed by atoms with Crippen LogP contribution in [0.1, 0.15) is 23.2 Å². The largest absolute Gasteiger partial charge is 0.330 e. The topological polar surface area (TPSA) is 32.3 Å². The third-order valence-corrected chi connectivity index (χ3v) is 3.95. The van der Waals surface area contributed by atoms with Crippen LogP contribution in [-0.2, 0) is 0 Å². The van der Waals surface area contributed by atoms with Crippen LogP contribution in [0.5, 0.6) is 0 Å². The van der Waals surface area contributed by atoms with E-state index in [2.05, 4.69) is 5.32 Å². The van der Waals surface area contributed by atoms with Crippen LogP contribution < -0.4 is 5.32 Å². The summed E-state index contributed by atoms with van der Waals surface area (Å²) in [6, 6.07) is 7.17. The molecule has 0 radical (unpaired) electrons. The van der Waals surface area contributed by atoms with E-state index >= 15 is 0 Å². The number of halogens is 1. The summed E-state index contributed by atoms with van der Waals surface area (Å²) in [4.78, 5) is 14.5. The Morgan fingerprint density at radius 1 is 1.29 bits per heavy atom. The molecular formula is C13H15ClN2O. The van der Waals surface area contributed by atoms with Crippen LogP contribution in [0.3, 0.4) is 0 Å². The molecule has 1 aliphatic carbocycles. The van der Waals surface area contributed by atoms with Gasteiger partial charge < -0.3 is 10.2 Å². The Balaban J connectivity index is 1.83. The van der Waals surface area contributed by atoms with E-state index in [4.69, 9.17) is 11.6 Å². The molecule has 17 heavy (non-hydrogen) atoms. The highest BCUT2D eigenvalue weighted by atomic mass is 35.5. The SMILES string of the molecule is O=C(c1ccc(Cl)cc1)N1CCNCC12CC2. The van der Waals surface area contributed by atoms with E-state index in [0.29, 0.717) is 5.02 Å². The van der Waals surface area contributed by atoms with E-state index in [1.54, 1.807) is 12.1 Å². The standard InChI is InChI=1S/C13H15ClN2O/c14-11-3-1-10(2-4-11)12(17)16-8-7-15-9-13(16)5-6-13/h1-4,15H,5-9H2. The fourth-order valence-corrected chi connectivity index (χ4v) is 2.63. The van der Waals surface area contributed by atoms with Gasteiger partial charge in [0.2, 0.25) is 0 Å². The Bertz CT molecular complexity index is 439. The number of piperazine rings is 1. The molecule has 1 saturated heterocycles. The lowest BCUT2D eigenvalue weighted by Gasteiger charge is -2.36. The molecule has 2 fully saturated rings. The molecule has 2 aliphatic rings. The van der Waals surface area contributed by atoms with Crippen molar-refractivity contribution in [2.24, 2.45) is 0 Å². The first kappa shape index (κ1) is 11.1. The van der Waals surface area contributed by atoms with Crippen LogP contribution in [0.2, 0.25) is 5.02 Å². The van der Waals surface area contributed by atoms with Crippen molar-refractivity contribution in [3.63, 3.8) is 0 Å². The third kappa shape index (κ3) is 1.94. The van der Waals surface area contributed by atoms with Gasteiger partial charge >= 0.3 is 0 Å². The van der Waals surface area contributed by atoms with Crippen molar-refractivity contribution in [1.82, 2.24) is 10.2 Å². The lowest BCUT2D eigenvalue weighted by Crippen LogP contribution is -2.55. The summed E-state index contributed by atoms with van der Waals surface area (Å²) in [6.45, 7) is 2.63. The summed E-state index contributed by atoms with van der Waals surface area (Å²) in [5.74, 6) is 0.140. The van der Waals surface area contributed by atoms with Crippen molar-refractivity contribution in [2.75, 3.05) is 19.6 Å². The van der Waals surface area contributed by atoms with E-state index in [9.17, 15) is 4.79 Å². The zero-order valence-electron chi connectivity index (χ0n) is 9.58. The zero-order valence-corrected chi connectivity index (χ0v) is 10.3. The van der Waals surface area contributed by atoms with Gasteiger partial charge in [-0.1, -0.05) is 11.6 Å². The molecule has 3 rings (SSSR count). The van der Waals surface area contributed by atoms with E-state index in [1.165, 1.54) is 0 Å². The summed E-state index contributed by atoms with van der Waals surface area (Å²) in [6.07, 6.45) is 2.25. The van der Waals surface area contributed by atoms with Crippen LogP contribution in [-0.4, -0.2) is 36.0 Å². The van der Waals surface area contributed by atoms with Crippen LogP contribution >= 0.6 is 11.6 Å². The molecule has 0 atom stereocenters. The van der Waals surface area contributed by atoms with Crippen LogP contribution in [0, 0.1) is 0 Å². The Kier molecular flexibility index (Phi) is 2.60. The smallest absolute Gasteiger partial charge is 0.254 e. The minimum absolute atomic E-state index is 0.106. The molecule has 0 unspecified atom stereocenters. The van der Waals surface area contributed by atoms with E-state index in [-0.39, 0.29) is 11.4 Å². The molecule has 1 N–H and O–H groups in total. The molecule has 1 spiro atoms. The molecular weight excluding hydrogens is 236 g/mol. The number of benzene rings is 1. The van der Waals surface area contributed by atoms with Gasteiger partial charge in [-0.05, 0) is 37.1 Å². The Labute approximate surface area is 106 Å². The third-order valence-electron chi connectivity index (χ3n) is 3.70. The minimum atomic E-state index is 0.106. The van der Waals surface area contributed by atoms with Crippen molar-refractivity contribution in [1.29, 1.82) is 0 Å². The van der Waals surface area contributed by atoms with Gasteiger partial charge in [0, 0.05) is 30.2 Å². The number of hydrogen-bond acceptors (Lipinski definition) is 2. The molecule has 1 heterocycles. The number of nitrogens with one attached hydrogen (secondary N) is 1. The predicted molar refractivity (Wildman–Crippen MR) is 67.3 cm³/mol. The normalized spacial score (nSPS) is 21.6. The van der Waals surface area contributed by atoms with Gasteiger partial charge in [-0.2, -0.15) is 0 Å². The van der Waals surface area contributed by atoms with Crippen LogP contribution in [0.4, 0.5) is 0 Å². The average Bonchev–Trinajstić information content (AvgIpc) is 3.10. The lowest BCUT2D eigenvalue weighted by atomic mass is 10.1. The van der Waals surface area contributed by atoms with Gasteiger partial charge in [0.05, 0.1) is 5.54 Å². The maximum atomic E-state index is 12.4. The monoisotopic (exact) mass is 250 g/mol. The van der Waals surface area contributed by atoms with E-state index in [1.807, 2.05) is 17.0 Å². The highest BCUT2D eigenvalue weighted by Gasteiger charge is 2.51. The van der Waals surface area contributed by atoms with Gasteiger partial charge in [0.25, 0.3) is 5.91 Å². The molecule has 1 saturated carbocycles. The van der Waals surface area contributed by atoms with Gasteiger partial charge in [-0.15, -0.1) is 0 Å².